The fourth-order valence-corrected chi connectivity index (χ4v) is 0.601. The Morgan fingerprint density at radius 3 is 2.50 bits per heavy atom. The van der Waals surface area contributed by atoms with E-state index < -0.39 is 5.54 Å². The Kier molecular flexibility index (Phi) is 4.63. The van der Waals surface area contributed by atoms with Crippen LogP contribution in [0, 0.1) is 5.92 Å². The summed E-state index contributed by atoms with van der Waals surface area (Å²) in [6.07, 6.45) is 0. The molecule has 0 heterocycles. The minimum Gasteiger partial charge on any atom is -0.464 e. The number of ether oxygens (including phenoxy) is 1. The lowest BCUT2D eigenvalue weighted by Crippen LogP contribution is -2.48. The van der Waals surface area contributed by atoms with Gasteiger partial charge in [-0.05, 0) is 12.8 Å². The van der Waals surface area contributed by atoms with Crippen molar-refractivity contribution in [2.24, 2.45) is 11.7 Å². The summed E-state index contributed by atoms with van der Waals surface area (Å²) in [5.74, 6) is 0.250. The van der Waals surface area contributed by atoms with Gasteiger partial charge in [0.1, 0.15) is 5.54 Å². The normalized spacial score (nSPS) is 15.8. The third kappa shape index (κ3) is 3.97. The molecule has 0 saturated heterocycles. The lowest BCUT2D eigenvalue weighted by molar-refractivity contribution is -0.149. The molecule has 3 nitrogen and oxygen atoms in total. The summed E-state index contributed by atoms with van der Waals surface area (Å²) in [5.41, 5.74) is 4.63. The SMILES string of the molecule is CC(C)COC(=O)C(C)(N)CS. The lowest BCUT2D eigenvalue weighted by atomic mass is 10.1. The van der Waals surface area contributed by atoms with Gasteiger partial charge in [-0.3, -0.25) is 4.79 Å². The predicted molar refractivity (Wildman–Crippen MR) is 52.2 cm³/mol. The fourth-order valence-electron chi connectivity index (χ4n) is 0.472. The average Bonchev–Trinajstić information content (AvgIpc) is 2.00. The van der Waals surface area contributed by atoms with Crippen molar-refractivity contribution in [3.8, 4) is 0 Å². The number of hydrogen-bond acceptors (Lipinski definition) is 4. The first kappa shape index (κ1) is 11.8. The van der Waals surface area contributed by atoms with E-state index in [1.54, 1.807) is 6.92 Å². The van der Waals surface area contributed by atoms with Crippen molar-refractivity contribution in [1.82, 2.24) is 0 Å². The van der Waals surface area contributed by atoms with Crippen LogP contribution in [0.5, 0.6) is 0 Å². The molecule has 0 rings (SSSR count). The first-order chi connectivity index (χ1) is 5.40. The number of thiol groups is 1. The van der Waals surface area contributed by atoms with Gasteiger partial charge in [-0.1, -0.05) is 13.8 Å². The Balaban J connectivity index is 3.88. The second kappa shape index (κ2) is 4.72. The lowest BCUT2D eigenvalue weighted by Gasteiger charge is -2.20. The molecule has 1 atom stereocenters. The summed E-state index contributed by atoms with van der Waals surface area (Å²) >= 11 is 3.96. The zero-order valence-corrected chi connectivity index (χ0v) is 8.73. The third-order valence-electron chi connectivity index (χ3n) is 1.34. The van der Waals surface area contributed by atoms with Crippen molar-refractivity contribution in [1.29, 1.82) is 0 Å². The number of carbonyl (C=O) groups excluding carboxylic acids is 1. The standard InChI is InChI=1S/C8H17NO2S/c1-6(2)4-11-7(10)8(3,9)5-12/h6,12H,4-5,9H2,1-3H3. The molecule has 0 aromatic heterocycles. The van der Waals surface area contributed by atoms with E-state index in [1.807, 2.05) is 13.8 Å². The summed E-state index contributed by atoms with van der Waals surface area (Å²) in [4.78, 5) is 11.2. The molecule has 1 unspecified atom stereocenters. The van der Waals surface area contributed by atoms with E-state index in [0.29, 0.717) is 18.3 Å². The van der Waals surface area contributed by atoms with Gasteiger partial charge in [0, 0.05) is 5.75 Å². The summed E-state index contributed by atoms with van der Waals surface area (Å²) in [6, 6.07) is 0. The van der Waals surface area contributed by atoms with Gasteiger partial charge >= 0.3 is 5.97 Å². The Hall–Kier alpha value is -0.220. The molecule has 2 N–H and O–H groups in total. The smallest absolute Gasteiger partial charge is 0.326 e. The number of nitrogens with two attached hydrogens (primary N) is 1. The molecular formula is C8H17NO2S. The van der Waals surface area contributed by atoms with E-state index in [0.717, 1.165) is 0 Å². The van der Waals surface area contributed by atoms with Gasteiger partial charge in [0.25, 0.3) is 0 Å². The van der Waals surface area contributed by atoms with E-state index in [-0.39, 0.29) is 5.97 Å². The van der Waals surface area contributed by atoms with Gasteiger partial charge < -0.3 is 10.5 Å². The molecule has 0 bridgehead atoms. The Bertz CT molecular complexity index is 157. The van der Waals surface area contributed by atoms with Crippen LogP contribution in [-0.2, 0) is 9.53 Å². The van der Waals surface area contributed by atoms with Gasteiger partial charge in [0.15, 0.2) is 0 Å². The highest BCUT2D eigenvalue weighted by Crippen LogP contribution is 2.05. The molecule has 0 fully saturated rings. The second-order valence-electron chi connectivity index (χ2n) is 3.57. The van der Waals surface area contributed by atoms with E-state index in [4.69, 9.17) is 10.5 Å². The third-order valence-corrected chi connectivity index (χ3v) is 2.00. The Labute approximate surface area is 79.1 Å². The number of rotatable bonds is 4. The average molecular weight is 191 g/mol. The maximum atomic E-state index is 11.2. The summed E-state index contributed by atoms with van der Waals surface area (Å²) in [7, 11) is 0. The zero-order valence-electron chi connectivity index (χ0n) is 7.83. The largest absolute Gasteiger partial charge is 0.464 e. The molecule has 0 aromatic carbocycles. The van der Waals surface area contributed by atoms with Crippen LogP contribution in [-0.4, -0.2) is 23.9 Å². The molecular weight excluding hydrogens is 174 g/mol. The fraction of sp³-hybridized carbons (Fsp3) is 0.875. The maximum absolute atomic E-state index is 11.2. The van der Waals surface area contributed by atoms with Gasteiger partial charge in [0.05, 0.1) is 6.61 Å². The minimum absolute atomic E-state index is 0.296. The highest BCUT2D eigenvalue weighted by atomic mass is 32.1. The molecule has 12 heavy (non-hydrogen) atoms. The topological polar surface area (TPSA) is 52.3 Å². The van der Waals surface area contributed by atoms with Crippen molar-refractivity contribution in [2.45, 2.75) is 26.3 Å². The number of esters is 1. The van der Waals surface area contributed by atoms with E-state index in [1.165, 1.54) is 0 Å². The molecule has 0 aliphatic carbocycles. The molecule has 0 spiro atoms. The Morgan fingerprint density at radius 1 is 1.67 bits per heavy atom. The van der Waals surface area contributed by atoms with Crippen LogP contribution in [0.25, 0.3) is 0 Å². The van der Waals surface area contributed by atoms with Gasteiger partial charge in [-0.25, -0.2) is 0 Å². The van der Waals surface area contributed by atoms with Gasteiger partial charge in [-0.15, -0.1) is 0 Å². The monoisotopic (exact) mass is 191 g/mol. The van der Waals surface area contributed by atoms with Crippen molar-refractivity contribution < 1.29 is 9.53 Å². The number of hydrogen-bond donors (Lipinski definition) is 2. The van der Waals surface area contributed by atoms with Gasteiger partial charge in [0.2, 0.25) is 0 Å². The van der Waals surface area contributed by atoms with E-state index in [9.17, 15) is 4.79 Å². The number of carbonyl (C=O) groups is 1. The van der Waals surface area contributed by atoms with Crippen LogP contribution in [0.15, 0.2) is 0 Å². The van der Waals surface area contributed by atoms with Crippen molar-refractivity contribution in [3.63, 3.8) is 0 Å². The summed E-state index contributed by atoms with van der Waals surface area (Å²) < 4.78 is 4.95. The second-order valence-corrected chi connectivity index (χ2v) is 3.88. The van der Waals surface area contributed by atoms with Crippen molar-refractivity contribution in [3.05, 3.63) is 0 Å². The molecule has 0 aromatic rings. The van der Waals surface area contributed by atoms with Crippen LogP contribution < -0.4 is 5.73 Å². The minimum atomic E-state index is -0.960. The van der Waals surface area contributed by atoms with Crippen LogP contribution in [0.4, 0.5) is 0 Å². The summed E-state index contributed by atoms with van der Waals surface area (Å²) in [5, 5.41) is 0. The first-order valence-electron chi connectivity index (χ1n) is 3.97. The van der Waals surface area contributed by atoms with Crippen LogP contribution in [0.2, 0.25) is 0 Å². The van der Waals surface area contributed by atoms with E-state index in [2.05, 4.69) is 12.6 Å². The first-order valence-corrected chi connectivity index (χ1v) is 4.60. The van der Waals surface area contributed by atoms with E-state index >= 15 is 0 Å². The van der Waals surface area contributed by atoms with Crippen molar-refractivity contribution >= 4 is 18.6 Å². The molecule has 0 aliphatic rings. The molecule has 0 saturated carbocycles. The zero-order chi connectivity index (χ0) is 9.78. The Morgan fingerprint density at radius 2 is 2.17 bits per heavy atom. The molecule has 72 valence electrons. The van der Waals surface area contributed by atoms with Crippen LogP contribution in [0.3, 0.4) is 0 Å². The van der Waals surface area contributed by atoms with Crippen LogP contribution in [0.1, 0.15) is 20.8 Å². The predicted octanol–water partition coefficient (Wildman–Crippen LogP) is 0.833. The molecule has 4 heteroatoms. The molecule has 0 radical (unpaired) electrons. The van der Waals surface area contributed by atoms with Crippen LogP contribution >= 0.6 is 12.6 Å². The van der Waals surface area contributed by atoms with Gasteiger partial charge in [-0.2, -0.15) is 12.6 Å². The maximum Gasteiger partial charge on any atom is 0.326 e. The summed E-state index contributed by atoms with van der Waals surface area (Å²) in [6.45, 7) is 5.98. The van der Waals surface area contributed by atoms with Crippen molar-refractivity contribution in [2.75, 3.05) is 12.4 Å². The highest BCUT2D eigenvalue weighted by molar-refractivity contribution is 7.80. The molecule has 0 amide bonds. The highest BCUT2D eigenvalue weighted by Gasteiger charge is 2.28. The molecule has 0 aliphatic heterocycles. The quantitative estimate of drug-likeness (QED) is 0.511.